The summed E-state index contributed by atoms with van der Waals surface area (Å²) in [6.07, 6.45) is 12.1. The molecule has 7 nitrogen and oxygen atoms in total. The van der Waals surface area contributed by atoms with Crippen LogP contribution in [0.25, 0.3) is 157 Å². The van der Waals surface area contributed by atoms with Crippen LogP contribution in [-0.2, 0) is 92.3 Å². The standard InChI is InChI=1S/C27H22NS.C25H18NS.C23H14NO.C23H14NS.2C12H10N.4Ir/c1-27(2,3)18-15-16-28-24(17-18)23-13-8-12-22-20-10-5-4-9-19(20)21-11-6-7-14-25(21)29-26(22)23;1-2-17-14-15-26-23(16-17)22-12-7-11-21-19-9-4-3-8-18(19)20-10-5-6-13-24(20)27-25(21)22;2*1-2-8-18-17(7-1)19-9-3-4-11-22(19)25-23-13-12-16(15-20(18)23)21-10-5-6-14-24-21;1-10-6-5-9-13-12(10)11-7-3-2-4-8-11;1-10-7-8-13-12(9-10)11-5-3-2-4-6-11;;;;/h4-12,14-17H,1-3H3;3-11,13-16H,2H2,1H3;2*1-11,13-15H;2-7,9H,1H3;2-5,7-9H,1H3;;;;/q6*-1;;;;. The zero-order valence-electron chi connectivity index (χ0n) is 75.1. The Labute approximate surface area is 864 Å². The third-order valence-electron chi connectivity index (χ3n) is 23.3. The summed E-state index contributed by atoms with van der Waals surface area (Å²) in [5, 5.41) is 0. The molecule has 0 unspecified atom stereocenters. The van der Waals surface area contributed by atoms with Crippen LogP contribution in [-0.4, -0.2) is 29.9 Å². The molecule has 14 heteroatoms. The number of fused-ring (bicyclic) bond motifs is 20. The van der Waals surface area contributed by atoms with Gasteiger partial charge in [-0.15, -0.1) is 202 Å². The molecule has 0 saturated heterocycles. The van der Waals surface area contributed by atoms with Crippen molar-refractivity contribution < 1.29 is 85.2 Å². The summed E-state index contributed by atoms with van der Waals surface area (Å²) in [5.41, 5.74) is 36.9. The number of ether oxygens (including phenoxy) is 1. The second-order valence-electron chi connectivity index (χ2n) is 33.0. The van der Waals surface area contributed by atoms with Crippen molar-refractivity contribution in [2.45, 2.75) is 82.8 Å². The first kappa shape index (κ1) is 98.0. The first-order valence-electron chi connectivity index (χ1n) is 44.1. The van der Waals surface area contributed by atoms with E-state index >= 15 is 0 Å². The van der Waals surface area contributed by atoms with Gasteiger partial charge in [0.1, 0.15) is 5.75 Å². The normalized spacial score (nSPS) is 11.2. The van der Waals surface area contributed by atoms with Gasteiger partial charge in [0.25, 0.3) is 0 Å². The van der Waals surface area contributed by atoms with Crippen LogP contribution in [0.2, 0.25) is 0 Å². The Kier molecular flexibility index (Phi) is 33.0. The molecule has 0 saturated carbocycles. The number of para-hydroxylation sites is 1. The maximum Gasteiger partial charge on any atom is 0.122 e. The van der Waals surface area contributed by atoms with E-state index in [-0.39, 0.29) is 85.8 Å². The first-order valence-corrected chi connectivity index (χ1v) is 46.6. The van der Waals surface area contributed by atoms with Crippen LogP contribution >= 0.6 is 35.3 Å². The van der Waals surface area contributed by atoms with Gasteiger partial charge in [-0.3, -0.25) is 0 Å². The van der Waals surface area contributed by atoms with Crippen molar-refractivity contribution >= 4 is 35.3 Å². The van der Waals surface area contributed by atoms with E-state index in [9.17, 15) is 0 Å². The average molecular weight is 2520 g/mol. The van der Waals surface area contributed by atoms with Gasteiger partial charge >= 0.3 is 0 Å². The number of nitrogens with zero attached hydrogens (tertiary/aromatic N) is 6. The van der Waals surface area contributed by atoms with Crippen LogP contribution in [0.3, 0.4) is 0 Å². The van der Waals surface area contributed by atoms with Gasteiger partial charge in [-0.05, 0) is 187 Å². The summed E-state index contributed by atoms with van der Waals surface area (Å²) in [5.74, 6) is 1.68. The van der Waals surface area contributed by atoms with E-state index in [1.54, 1.807) is 6.20 Å². The zero-order chi connectivity index (χ0) is 89.7. The van der Waals surface area contributed by atoms with E-state index in [1.807, 2.05) is 200 Å². The maximum absolute atomic E-state index is 6.22. The quantitative estimate of drug-likeness (QED) is 0.144. The Balaban J connectivity index is 0.000000126. The van der Waals surface area contributed by atoms with Crippen molar-refractivity contribution in [2.24, 2.45) is 0 Å². The molecule has 4 radical (unpaired) electrons. The Morgan fingerprint density at radius 2 is 0.691 bits per heavy atom. The molecule has 6 aromatic heterocycles. The van der Waals surface area contributed by atoms with Crippen LogP contribution in [0, 0.1) is 50.2 Å². The van der Waals surface area contributed by atoms with Crippen molar-refractivity contribution in [3.8, 4) is 168 Å². The van der Waals surface area contributed by atoms with Gasteiger partial charge in [0.05, 0.1) is 5.75 Å². The van der Waals surface area contributed by atoms with Crippen LogP contribution in [0.5, 0.6) is 11.5 Å². The molecule has 0 atom stereocenters. The number of aromatic nitrogens is 6. The Morgan fingerprint density at radius 1 is 0.272 bits per heavy atom. The molecular weight excluding hydrogens is 2430 g/mol. The van der Waals surface area contributed by atoms with Crippen LogP contribution in [0.1, 0.15) is 49.9 Å². The van der Waals surface area contributed by atoms with Crippen LogP contribution < -0.4 is 4.74 Å². The molecule has 0 bridgehead atoms. The Morgan fingerprint density at radius 3 is 1.20 bits per heavy atom. The van der Waals surface area contributed by atoms with Gasteiger partial charge in [0, 0.05) is 138 Å². The predicted octanol–water partition coefficient (Wildman–Crippen LogP) is 32.6. The van der Waals surface area contributed by atoms with Gasteiger partial charge in [-0.25, -0.2) is 0 Å². The van der Waals surface area contributed by atoms with E-state index in [4.69, 9.17) is 9.72 Å². The fourth-order valence-corrected chi connectivity index (χ4v) is 20.1. The molecule has 14 aromatic carbocycles. The van der Waals surface area contributed by atoms with Crippen molar-refractivity contribution in [1.82, 2.24) is 29.9 Å². The summed E-state index contributed by atoms with van der Waals surface area (Å²) in [6, 6.07) is 150. The molecule has 0 N–H and O–H groups in total. The molecule has 672 valence electrons. The third kappa shape index (κ3) is 22.1. The SMILES string of the molecule is CC(C)(C)c1ccnc(-c2[c-]ccc3c2Sc2ccccc2-c2ccccc2-3)c1.CCc1ccnc(-c2[c-]ccc3c2Sc2ccccc2-c2ccccc2-3)c1.Cc1cccnc1-c1[c-]cccc1.Cc1ccnc(-c2[c-]cccc2)c1.[Ir].[Ir].[Ir].[Ir].[c-]1cc2c(cc1-c1ccccn1)-c1ccccc1-c1ccccc1O2.[c-]1cc2c(cc1-c1ccccn1)-c1ccccc1-c1ccccc1S2. The van der Waals surface area contributed by atoms with Crippen LogP contribution in [0.4, 0.5) is 0 Å². The Hall–Kier alpha value is -12.6. The van der Waals surface area contributed by atoms with E-state index in [0.29, 0.717) is 0 Å². The summed E-state index contributed by atoms with van der Waals surface area (Å²) in [4.78, 5) is 34.4. The fraction of sp³-hybridized carbons (Fsp3) is 0.0656. The minimum absolute atomic E-state index is 0. The molecule has 20 aromatic rings. The van der Waals surface area contributed by atoms with E-state index in [1.165, 1.54) is 124 Å². The monoisotopic (exact) mass is 2520 g/mol. The van der Waals surface area contributed by atoms with Crippen molar-refractivity contribution in [1.29, 1.82) is 0 Å². The molecule has 0 fully saturated rings. The van der Waals surface area contributed by atoms with Gasteiger partial charge in [-0.1, -0.05) is 300 Å². The summed E-state index contributed by atoms with van der Waals surface area (Å²) in [6.45, 7) is 13.0. The second kappa shape index (κ2) is 45.8. The van der Waals surface area contributed by atoms with Gasteiger partial charge in [-0.2, -0.15) is 0 Å². The minimum atomic E-state index is 0. The number of aryl methyl sites for hydroxylation is 3. The molecule has 0 aliphatic carbocycles. The number of hydrogen-bond acceptors (Lipinski definition) is 10. The third-order valence-corrected chi connectivity index (χ3v) is 26.8. The largest absolute Gasteiger partial charge is 0.500 e. The van der Waals surface area contributed by atoms with Gasteiger partial charge < -0.3 is 34.6 Å². The minimum Gasteiger partial charge on any atom is -0.500 e. The number of rotatable bonds is 7. The molecular formula is C122H88Ir4N6OS3-6. The topological polar surface area (TPSA) is 86.6 Å². The Bertz CT molecular complexity index is 7380. The maximum atomic E-state index is 6.22. The van der Waals surface area contributed by atoms with Gasteiger partial charge in [0.15, 0.2) is 0 Å². The number of benzene rings is 14. The van der Waals surface area contributed by atoms with Crippen molar-refractivity contribution in [3.05, 3.63) is 472 Å². The van der Waals surface area contributed by atoms with E-state index in [0.717, 1.165) is 102 Å². The van der Waals surface area contributed by atoms with Gasteiger partial charge in [0.2, 0.25) is 0 Å². The van der Waals surface area contributed by atoms with Crippen molar-refractivity contribution in [2.75, 3.05) is 0 Å². The summed E-state index contributed by atoms with van der Waals surface area (Å²) >= 11 is 5.46. The molecule has 136 heavy (non-hydrogen) atoms. The van der Waals surface area contributed by atoms with Crippen molar-refractivity contribution in [3.63, 3.8) is 0 Å². The summed E-state index contributed by atoms with van der Waals surface area (Å²) in [7, 11) is 0. The first-order chi connectivity index (χ1) is 64.9. The smallest absolute Gasteiger partial charge is 0.122 e. The molecule has 4 aliphatic rings. The second-order valence-corrected chi connectivity index (χ2v) is 36.2. The average Bonchev–Trinajstić information content (AvgIpc) is 1.63. The summed E-state index contributed by atoms with van der Waals surface area (Å²) < 4.78 is 6.22. The molecule has 0 spiro atoms. The predicted molar refractivity (Wildman–Crippen MR) is 545 cm³/mol. The molecule has 10 heterocycles. The number of pyridine rings is 6. The van der Waals surface area contributed by atoms with E-state index < -0.39 is 0 Å². The number of hydrogen-bond donors (Lipinski definition) is 0. The molecule has 4 aliphatic heterocycles. The molecule has 0 amide bonds. The zero-order valence-corrected chi connectivity index (χ0v) is 87.1. The van der Waals surface area contributed by atoms with Crippen LogP contribution in [0.15, 0.2) is 443 Å². The van der Waals surface area contributed by atoms with E-state index in [2.05, 4.69) is 346 Å². The molecule has 24 rings (SSSR count). The fourth-order valence-electron chi connectivity index (χ4n) is 16.7.